The van der Waals surface area contributed by atoms with Gasteiger partial charge in [0, 0.05) is 33.5 Å². The van der Waals surface area contributed by atoms with E-state index in [4.69, 9.17) is 0 Å². The second kappa shape index (κ2) is 6.10. The average Bonchev–Trinajstić information content (AvgIpc) is 3.23. The summed E-state index contributed by atoms with van der Waals surface area (Å²) in [5.41, 5.74) is 3.38. The molecule has 124 valence electrons. The summed E-state index contributed by atoms with van der Waals surface area (Å²) in [6, 6.07) is 11.1. The number of amides is 1. The molecule has 1 aliphatic carbocycles. The molecular weight excluding hydrogens is 316 g/mol. The molecule has 4 heteroatoms. The summed E-state index contributed by atoms with van der Waals surface area (Å²) in [5, 5.41) is 6.73. The van der Waals surface area contributed by atoms with E-state index < -0.39 is 0 Å². The molecule has 1 aromatic heterocycles. The zero-order chi connectivity index (χ0) is 16.7. The number of hydrogen-bond acceptors (Lipinski definition) is 3. The SMILES string of the molecule is CCC(=O)Nc1ccc2c(c1)C1C=CCC1C(c1ccc(C)s1)N2. The van der Waals surface area contributed by atoms with Crippen molar-refractivity contribution in [3.8, 4) is 0 Å². The summed E-state index contributed by atoms with van der Waals surface area (Å²) in [6.07, 6.45) is 6.24. The molecule has 2 aliphatic rings. The van der Waals surface area contributed by atoms with Crippen LogP contribution in [0.25, 0.3) is 0 Å². The number of nitrogens with one attached hydrogen (secondary N) is 2. The lowest BCUT2D eigenvalue weighted by atomic mass is 9.79. The smallest absolute Gasteiger partial charge is 0.224 e. The first-order chi connectivity index (χ1) is 11.7. The van der Waals surface area contributed by atoms with Gasteiger partial charge in [0.05, 0.1) is 6.04 Å². The average molecular weight is 338 g/mol. The Morgan fingerprint density at radius 2 is 2.21 bits per heavy atom. The van der Waals surface area contributed by atoms with E-state index >= 15 is 0 Å². The third-order valence-corrected chi connectivity index (χ3v) is 6.12. The first-order valence-corrected chi connectivity index (χ1v) is 9.40. The van der Waals surface area contributed by atoms with Gasteiger partial charge in [0.25, 0.3) is 0 Å². The highest BCUT2D eigenvalue weighted by atomic mass is 32.1. The molecule has 0 bridgehead atoms. The van der Waals surface area contributed by atoms with Crippen molar-refractivity contribution >= 4 is 28.6 Å². The molecule has 0 saturated heterocycles. The van der Waals surface area contributed by atoms with Crippen LogP contribution in [-0.2, 0) is 4.79 Å². The number of carbonyl (C=O) groups is 1. The molecule has 24 heavy (non-hydrogen) atoms. The first kappa shape index (κ1) is 15.5. The van der Waals surface area contributed by atoms with Crippen LogP contribution in [0, 0.1) is 12.8 Å². The summed E-state index contributed by atoms with van der Waals surface area (Å²) in [4.78, 5) is 14.5. The van der Waals surface area contributed by atoms with E-state index in [-0.39, 0.29) is 5.91 Å². The number of carbonyl (C=O) groups excluding carboxylic acids is 1. The number of fused-ring (bicyclic) bond motifs is 3. The standard InChI is InChI=1S/C20H22N2OS/c1-3-19(23)21-13-8-9-17-16(11-13)14-5-4-6-15(14)20(22-17)18-10-7-12(2)24-18/h4-5,7-11,14-15,20,22H,3,6H2,1-2H3,(H,21,23). The van der Waals surface area contributed by atoms with E-state index in [1.807, 2.05) is 24.3 Å². The molecule has 0 spiro atoms. The number of aryl methyl sites for hydroxylation is 1. The summed E-state index contributed by atoms with van der Waals surface area (Å²) in [7, 11) is 0. The summed E-state index contributed by atoms with van der Waals surface area (Å²) >= 11 is 1.89. The number of hydrogen-bond donors (Lipinski definition) is 2. The topological polar surface area (TPSA) is 41.1 Å². The molecule has 2 N–H and O–H groups in total. The molecule has 0 saturated carbocycles. The highest BCUT2D eigenvalue weighted by molar-refractivity contribution is 7.12. The molecular formula is C20H22N2OS. The minimum atomic E-state index is 0.0594. The normalized spacial score (nSPS) is 24.2. The number of allylic oxidation sites excluding steroid dienone is 2. The Hall–Kier alpha value is -2.07. The van der Waals surface area contributed by atoms with Crippen molar-refractivity contribution in [1.82, 2.24) is 0 Å². The van der Waals surface area contributed by atoms with Crippen LogP contribution in [0.4, 0.5) is 11.4 Å². The fourth-order valence-corrected chi connectivity index (χ4v) is 4.83. The van der Waals surface area contributed by atoms with Crippen LogP contribution in [-0.4, -0.2) is 5.91 Å². The van der Waals surface area contributed by atoms with Gasteiger partial charge in [-0.2, -0.15) is 0 Å². The van der Waals surface area contributed by atoms with E-state index in [1.165, 1.54) is 21.0 Å². The maximum absolute atomic E-state index is 11.7. The van der Waals surface area contributed by atoms with Gasteiger partial charge in [0.2, 0.25) is 5.91 Å². The molecule has 3 atom stereocenters. The predicted molar refractivity (Wildman–Crippen MR) is 101 cm³/mol. The fraction of sp³-hybridized carbons (Fsp3) is 0.350. The van der Waals surface area contributed by atoms with Crippen molar-refractivity contribution in [2.75, 3.05) is 10.6 Å². The highest BCUT2D eigenvalue weighted by Gasteiger charge is 2.38. The van der Waals surface area contributed by atoms with Gasteiger partial charge >= 0.3 is 0 Å². The zero-order valence-electron chi connectivity index (χ0n) is 14.0. The van der Waals surface area contributed by atoms with Crippen molar-refractivity contribution < 1.29 is 4.79 Å². The molecule has 0 radical (unpaired) electrons. The summed E-state index contributed by atoms with van der Waals surface area (Å²) < 4.78 is 0. The van der Waals surface area contributed by atoms with Crippen LogP contribution in [0.1, 0.15) is 47.0 Å². The zero-order valence-corrected chi connectivity index (χ0v) is 14.8. The molecule has 0 fully saturated rings. The maximum Gasteiger partial charge on any atom is 0.224 e. The summed E-state index contributed by atoms with van der Waals surface area (Å²) in [5.74, 6) is 1.03. The highest BCUT2D eigenvalue weighted by Crippen LogP contribution is 2.51. The quantitative estimate of drug-likeness (QED) is 0.752. The Balaban J connectivity index is 1.69. The lowest BCUT2D eigenvalue weighted by Crippen LogP contribution is -2.28. The van der Waals surface area contributed by atoms with Crippen LogP contribution in [0.5, 0.6) is 0 Å². The van der Waals surface area contributed by atoms with Gasteiger partial charge in [0.1, 0.15) is 0 Å². The van der Waals surface area contributed by atoms with Crippen LogP contribution < -0.4 is 10.6 Å². The van der Waals surface area contributed by atoms with Gasteiger partial charge < -0.3 is 10.6 Å². The number of anilines is 2. The third-order valence-electron chi connectivity index (χ3n) is 5.04. The Kier molecular flexibility index (Phi) is 3.93. The number of thiophene rings is 1. The van der Waals surface area contributed by atoms with Gasteiger partial charge in [-0.05, 0) is 55.2 Å². The Morgan fingerprint density at radius 1 is 1.33 bits per heavy atom. The second-order valence-corrected chi connectivity index (χ2v) is 7.95. The third kappa shape index (κ3) is 2.65. The van der Waals surface area contributed by atoms with Gasteiger partial charge in [0.15, 0.2) is 0 Å². The molecule has 3 nitrogen and oxygen atoms in total. The van der Waals surface area contributed by atoms with Crippen LogP contribution in [0.3, 0.4) is 0 Å². The molecule has 1 aromatic carbocycles. The minimum Gasteiger partial charge on any atom is -0.377 e. The van der Waals surface area contributed by atoms with E-state index in [9.17, 15) is 4.79 Å². The van der Waals surface area contributed by atoms with E-state index in [1.54, 1.807) is 0 Å². The molecule has 2 heterocycles. The lowest BCUT2D eigenvalue weighted by molar-refractivity contribution is -0.115. The van der Waals surface area contributed by atoms with Crippen LogP contribution in [0.15, 0.2) is 42.5 Å². The van der Waals surface area contributed by atoms with Crippen molar-refractivity contribution in [2.24, 2.45) is 5.92 Å². The van der Waals surface area contributed by atoms with Crippen molar-refractivity contribution in [2.45, 2.75) is 38.6 Å². The van der Waals surface area contributed by atoms with E-state index in [0.717, 1.165) is 12.1 Å². The Bertz CT molecular complexity index is 808. The van der Waals surface area contributed by atoms with Gasteiger partial charge in [-0.1, -0.05) is 19.1 Å². The Labute approximate surface area is 146 Å². The maximum atomic E-state index is 11.7. The van der Waals surface area contributed by atoms with Crippen LogP contribution >= 0.6 is 11.3 Å². The molecule has 4 rings (SSSR count). The molecule has 1 aliphatic heterocycles. The van der Waals surface area contributed by atoms with Gasteiger partial charge in [-0.3, -0.25) is 4.79 Å². The van der Waals surface area contributed by atoms with E-state index in [2.05, 4.69) is 54.0 Å². The van der Waals surface area contributed by atoms with Crippen molar-refractivity contribution in [3.05, 3.63) is 57.8 Å². The molecule has 3 unspecified atom stereocenters. The second-order valence-electron chi connectivity index (χ2n) is 6.63. The predicted octanol–water partition coefficient (Wildman–Crippen LogP) is 5.23. The Morgan fingerprint density at radius 3 is 2.96 bits per heavy atom. The largest absolute Gasteiger partial charge is 0.377 e. The fourth-order valence-electron chi connectivity index (χ4n) is 3.82. The van der Waals surface area contributed by atoms with Crippen molar-refractivity contribution in [1.29, 1.82) is 0 Å². The van der Waals surface area contributed by atoms with Crippen molar-refractivity contribution in [3.63, 3.8) is 0 Å². The molecule has 1 amide bonds. The minimum absolute atomic E-state index is 0.0594. The molecule has 2 aromatic rings. The monoisotopic (exact) mass is 338 g/mol. The van der Waals surface area contributed by atoms with Gasteiger partial charge in [-0.15, -0.1) is 11.3 Å². The van der Waals surface area contributed by atoms with Crippen LogP contribution in [0.2, 0.25) is 0 Å². The van der Waals surface area contributed by atoms with Gasteiger partial charge in [-0.25, -0.2) is 0 Å². The number of rotatable bonds is 3. The number of benzene rings is 1. The summed E-state index contributed by atoms with van der Waals surface area (Å²) in [6.45, 7) is 4.04. The van der Waals surface area contributed by atoms with E-state index in [0.29, 0.717) is 24.3 Å². The lowest BCUT2D eigenvalue weighted by Gasteiger charge is -2.37. The first-order valence-electron chi connectivity index (χ1n) is 8.59.